The zero-order chi connectivity index (χ0) is 10.6. The molecule has 3 nitrogen and oxygen atoms in total. The van der Waals surface area contributed by atoms with Crippen LogP contribution in [0.3, 0.4) is 0 Å². The molecule has 1 saturated carbocycles. The maximum Gasteiger partial charge on any atom is 0.241 e. The third-order valence-electron chi connectivity index (χ3n) is 3.00. The quantitative estimate of drug-likeness (QED) is 0.688. The molecular formula is C11H20N2O. The van der Waals surface area contributed by atoms with Crippen molar-refractivity contribution in [2.24, 2.45) is 11.7 Å². The number of primary amides is 1. The predicted octanol–water partition coefficient (Wildman–Crippen LogP) is 1.15. The summed E-state index contributed by atoms with van der Waals surface area (Å²) in [7, 11) is 4.26. The Morgan fingerprint density at radius 3 is 2.29 bits per heavy atom. The van der Waals surface area contributed by atoms with Gasteiger partial charge in [0.15, 0.2) is 0 Å². The smallest absolute Gasteiger partial charge is 0.241 e. The third-order valence-corrected chi connectivity index (χ3v) is 3.00. The highest BCUT2D eigenvalue weighted by molar-refractivity contribution is 5.85. The number of carbonyl (C=O) groups is 1. The molecule has 1 fully saturated rings. The molecular weight excluding hydrogens is 176 g/mol. The van der Waals surface area contributed by atoms with Crippen LogP contribution in [0.25, 0.3) is 0 Å². The van der Waals surface area contributed by atoms with Gasteiger partial charge in [0.1, 0.15) is 0 Å². The zero-order valence-electron chi connectivity index (χ0n) is 9.07. The minimum Gasteiger partial charge on any atom is -0.366 e. The fourth-order valence-electron chi connectivity index (χ4n) is 2.04. The van der Waals surface area contributed by atoms with Crippen LogP contribution in [-0.2, 0) is 4.79 Å². The molecule has 1 aliphatic carbocycles. The molecule has 0 aromatic rings. The summed E-state index contributed by atoms with van der Waals surface area (Å²) in [6, 6.07) is 0.716. The number of amides is 1. The van der Waals surface area contributed by atoms with E-state index in [4.69, 9.17) is 5.73 Å². The molecule has 14 heavy (non-hydrogen) atoms. The van der Waals surface area contributed by atoms with Crippen molar-refractivity contribution in [3.05, 3.63) is 12.2 Å². The van der Waals surface area contributed by atoms with Gasteiger partial charge in [-0.25, -0.2) is 0 Å². The van der Waals surface area contributed by atoms with Crippen LogP contribution >= 0.6 is 0 Å². The molecule has 3 heteroatoms. The van der Waals surface area contributed by atoms with E-state index in [1.807, 2.05) is 6.08 Å². The lowest BCUT2D eigenvalue weighted by molar-refractivity contribution is -0.113. The molecule has 0 spiro atoms. The number of nitrogens with zero attached hydrogens (tertiary/aromatic N) is 1. The number of hydrogen-bond acceptors (Lipinski definition) is 2. The summed E-state index contributed by atoms with van der Waals surface area (Å²) >= 11 is 0. The van der Waals surface area contributed by atoms with E-state index >= 15 is 0 Å². The summed E-state index contributed by atoms with van der Waals surface area (Å²) in [5, 5.41) is 0. The van der Waals surface area contributed by atoms with Crippen molar-refractivity contribution in [1.82, 2.24) is 4.90 Å². The van der Waals surface area contributed by atoms with Crippen molar-refractivity contribution >= 4 is 5.91 Å². The highest BCUT2D eigenvalue weighted by Crippen LogP contribution is 2.27. The maximum atomic E-state index is 10.5. The Labute approximate surface area is 86.0 Å². The molecule has 0 bridgehead atoms. The van der Waals surface area contributed by atoms with Gasteiger partial charge in [-0.05, 0) is 51.8 Å². The van der Waals surface area contributed by atoms with Crippen molar-refractivity contribution in [3.63, 3.8) is 0 Å². The second-order valence-electron chi connectivity index (χ2n) is 4.29. The van der Waals surface area contributed by atoms with Gasteiger partial charge in [-0.15, -0.1) is 0 Å². The standard InChI is InChI=1S/C11H20N2O/c1-13(2)10-6-3-9(4-7-10)5-8-11(12)14/h5,8-10H,3-4,6-7H2,1-2H3,(H2,12,14). The molecule has 0 saturated heterocycles. The second-order valence-corrected chi connectivity index (χ2v) is 4.29. The molecule has 0 aromatic heterocycles. The number of nitrogens with two attached hydrogens (primary N) is 1. The first-order valence-electron chi connectivity index (χ1n) is 5.23. The van der Waals surface area contributed by atoms with E-state index in [0.717, 1.165) is 0 Å². The molecule has 0 atom stereocenters. The summed E-state index contributed by atoms with van der Waals surface area (Å²) in [5.74, 6) is 0.221. The summed E-state index contributed by atoms with van der Waals surface area (Å²) in [6.07, 6.45) is 8.26. The molecule has 0 aliphatic heterocycles. The zero-order valence-corrected chi connectivity index (χ0v) is 9.07. The molecule has 1 amide bonds. The lowest BCUT2D eigenvalue weighted by Gasteiger charge is -2.31. The Kier molecular flexibility index (Phi) is 4.14. The molecule has 0 unspecified atom stereocenters. The monoisotopic (exact) mass is 196 g/mol. The minimum atomic E-state index is -0.334. The minimum absolute atomic E-state index is 0.334. The Morgan fingerprint density at radius 1 is 1.29 bits per heavy atom. The number of hydrogen-bond donors (Lipinski definition) is 1. The molecule has 0 heterocycles. The van der Waals surface area contributed by atoms with E-state index in [-0.39, 0.29) is 5.91 Å². The van der Waals surface area contributed by atoms with Crippen LogP contribution in [0.15, 0.2) is 12.2 Å². The summed E-state index contributed by atoms with van der Waals surface area (Å²) in [4.78, 5) is 12.8. The number of carbonyl (C=O) groups excluding carboxylic acids is 1. The van der Waals surface area contributed by atoms with Crippen LogP contribution in [0.4, 0.5) is 0 Å². The van der Waals surface area contributed by atoms with Crippen LogP contribution in [-0.4, -0.2) is 30.9 Å². The van der Waals surface area contributed by atoms with Gasteiger partial charge in [0.25, 0.3) is 0 Å². The van der Waals surface area contributed by atoms with E-state index in [2.05, 4.69) is 19.0 Å². The normalized spacial score (nSPS) is 28.5. The SMILES string of the molecule is CN(C)C1CCC(C=CC(N)=O)CC1. The first kappa shape index (κ1) is 11.2. The van der Waals surface area contributed by atoms with Crippen molar-refractivity contribution < 1.29 is 4.79 Å². The molecule has 0 aromatic carbocycles. The first-order chi connectivity index (χ1) is 6.59. The van der Waals surface area contributed by atoms with Crippen molar-refractivity contribution in [3.8, 4) is 0 Å². The van der Waals surface area contributed by atoms with Gasteiger partial charge >= 0.3 is 0 Å². The fraction of sp³-hybridized carbons (Fsp3) is 0.727. The second kappa shape index (κ2) is 5.15. The van der Waals surface area contributed by atoms with Gasteiger partial charge in [0.2, 0.25) is 5.91 Å². The van der Waals surface area contributed by atoms with Gasteiger partial charge in [0, 0.05) is 6.04 Å². The third kappa shape index (κ3) is 3.50. The average Bonchev–Trinajstić information content (AvgIpc) is 2.15. The Bertz CT molecular complexity index is 215. The lowest BCUT2D eigenvalue weighted by Crippen LogP contribution is -2.31. The van der Waals surface area contributed by atoms with Gasteiger partial charge in [-0.2, -0.15) is 0 Å². The van der Waals surface area contributed by atoms with Crippen molar-refractivity contribution in [2.75, 3.05) is 14.1 Å². The van der Waals surface area contributed by atoms with Crippen LogP contribution in [0.1, 0.15) is 25.7 Å². The van der Waals surface area contributed by atoms with E-state index in [9.17, 15) is 4.79 Å². The maximum absolute atomic E-state index is 10.5. The van der Waals surface area contributed by atoms with Crippen molar-refractivity contribution in [1.29, 1.82) is 0 Å². The molecule has 80 valence electrons. The van der Waals surface area contributed by atoms with Gasteiger partial charge in [0.05, 0.1) is 0 Å². The van der Waals surface area contributed by atoms with Gasteiger partial charge < -0.3 is 10.6 Å². The first-order valence-corrected chi connectivity index (χ1v) is 5.23. The van der Waals surface area contributed by atoms with Crippen molar-refractivity contribution in [2.45, 2.75) is 31.7 Å². The summed E-state index contributed by atoms with van der Waals surface area (Å²) in [6.45, 7) is 0. The largest absolute Gasteiger partial charge is 0.366 e. The molecule has 1 aliphatic rings. The molecule has 2 N–H and O–H groups in total. The number of allylic oxidation sites excluding steroid dienone is 1. The van der Waals surface area contributed by atoms with E-state index in [1.54, 1.807) is 0 Å². The van der Waals surface area contributed by atoms with E-state index in [0.29, 0.717) is 12.0 Å². The lowest BCUT2D eigenvalue weighted by atomic mass is 9.85. The Balaban J connectivity index is 2.32. The van der Waals surface area contributed by atoms with Crippen LogP contribution in [0, 0.1) is 5.92 Å². The summed E-state index contributed by atoms with van der Waals surface area (Å²) < 4.78 is 0. The number of rotatable bonds is 3. The predicted molar refractivity (Wildman–Crippen MR) is 57.8 cm³/mol. The topological polar surface area (TPSA) is 46.3 Å². The highest BCUT2D eigenvalue weighted by atomic mass is 16.1. The van der Waals surface area contributed by atoms with E-state index < -0.39 is 0 Å². The van der Waals surface area contributed by atoms with Gasteiger partial charge in [-0.1, -0.05) is 6.08 Å². The summed E-state index contributed by atoms with van der Waals surface area (Å²) in [5.41, 5.74) is 5.05. The molecule has 1 rings (SSSR count). The molecule has 0 radical (unpaired) electrons. The van der Waals surface area contributed by atoms with Crippen LogP contribution in [0.2, 0.25) is 0 Å². The fourth-order valence-corrected chi connectivity index (χ4v) is 2.04. The Morgan fingerprint density at radius 2 is 1.86 bits per heavy atom. The van der Waals surface area contributed by atoms with Crippen LogP contribution < -0.4 is 5.73 Å². The Hall–Kier alpha value is -0.830. The van der Waals surface area contributed by atoms with Crippen LogP contribution in [0.5, 0.6) is 0 Å². The van der Waals surface area contributed by atoms with Gasteiger partial charge in [-0.3, -0.25) is 4.79 Å². The average molecular weight is 196 g/mol. The highest BCUT2D eigenvalue weighted by Gasteiger charge is 2.20. The van der Waals surface area contributed by atoms with E-state index in [1.165, 1.54) is 31.8 Å².